The van der Waals surface area contributed by atoms with Crippen molar-refractivity contribution in [1.29, 1.82) is 0 Å². The Kier molecular flexibility index (Phi) is 9.36. The first-order chi connectivity index (χ1) is 15.2. The Bertz CT molecular complexity index is 999. The van der Waals surface area contributed by atoms with E-state index in [2.05, 4.69) is 79.8 Å². The molecule has 1 saturated heterocycles. The molecule has 3 aromatic rings. The summed E-state index contributed by atoms with van der Waals surface area (Å²) >= 11 is 1.87. The van der Waals surface area contributed by atoms with E-state index in [4.69, 9.17) is 0 Å². The van der Waals surface area contributed by atoms with Crippen LogP contribution in [0.5, 0.6) is 0 Å². The number of para-hydroxylation sites is 2. The van der Waals surface area contributed by atoms with Gasteiger partial charge in [-0.15, -0.1) is 35.3 Å². The molecule has 0 spiro atoms. The summed E-state index contributed by atoms with van der Waals surface area (Å²) in [5, 5.41) is 9.27. The number of halogens is 1. The molecule has 174 valence electrons. The van der Waals surface area contributed by atoms with Gasteiger partial charge in [0.25, 0.3) is 0 Å². The first-order valence-electron chi connectivity index (χ1n) is 11.3. The Morgan fingerprint density at radius 3 is 2.84 bits per heavy atom. The van der Waals surface area contributed by atoms with Crippen molar-refractivity contribution < 1.29 is 0 Å². The van der Waals surface area contributed by atoms with Gasteiger partial charge in [0, 0.05) is 37.6 Å². The third kappa shape index (κ3) is 5.82. The van der Waals surface area contributed by atoms with Crippen LogP contribution in [0.15, 0.2) is 46.8 Å². The third-order valence-corrected chi connectivity index (χ3v) is 7.24. The van der Waals surface area contributed by atoms with Gasteiger partial charge in [0.15, 0.2) is 5.96 Å². The van der Waals surface area contributed by atoms with E-state index in [0.29, 0.717) is 12.0 Å². The second-order valence-corrected chi connectivity index (χ2v) is 9.36. The van der Waals surface area contributed by atoms with Gasteiger partial charge in [0.05, 0.1) is 11.0 Å². The standard InChI is InChI=1S/C24H34N6S.HI/c1-18-28-20-10-4-5-11-21(20)30(18)15-8-13-26-24(25-2)27-17-19-9-6-14-29(3)23(19)22-12-7-16-31-22;/h4-5,7,10-12,16,19,23H,6,8-9,13-15,17H2,1-3H3,(H2,25,26,27);1H. The minimum absolute atomic E-state index is 0. The Hall–Kier alpha value is -1.65. The molecule has 2 N–H and O–H groups in total. The van der Waals surface area contributed by atoms with Crippen molar-refractivity contribution >= 4 is 52.3 Å². The largest absolute Gasteiger partial charge is 0.356 e. The van der Waals surface area contributed by atoms with Crippen LogP contribution < -0.4 is 10.6 Å². The lowest BCUT2D eigenvalue weighted by Gasteiger charge is -2.39. The Labute approximate surface area is 212 Å². The Morgan fingerprint density at radius 2 is 2.06 bits per heavy atom. The van der Waals surface area contributed by atoms with Crippen molar-refractivity contribution in [3.63, 3.8) is 0 Å². The molecule has 3 heterocycles. The number of aryl methyl sites for hydroxylation is 2. The number of rotatable bonds is 7. The summed E-state index contributed by atoms with van der Waals surface area (Å²) in [7, 11) is 4.11. The fourth-order valence-electron chi connectivity index (χ4n) is 4.75. The summed E-state index contributed by atoms with van der Waals surface area (Å²) < 4.78 is 2.30. The first-order valence-corrected chi connectivity index (χ1v) is 12.2. The van der Waals surface area contributed by atoms with Crippen LogP contribution in [0.4, 0.5) is 0 Å². The maximum atomic E-state index is 4.66. The number of nitrogens with zero attached hydrogens (tertiary/aromatic N) is 4. The van der Waals surface area contributed by atoms with Crippen molar-refractivity contribution in [1.82, 2.24) is 25.1 Å². The van der Waals surface area contributed by atoms with Gasteiger partial charge in [-0.3, -0.25) is 9.89 Å². The molecular weight excluding hydrogens is 531 g/mol. The molecule has 0 bridgehead atoms. The van der Waals surface area contributed by atoms with E-state index in [1.165, 1.54) is 29.8 Å². The molecule has 2 aromatic heterocycles. The van der Waals surface area contributed by atoms with Crippen LogP contribution >= 0.6 is 35.3 Å². The minimum Gasteiger partial charge on any atom is -0.356 e. The zero-order valence-electron chi connectivity index (χ0n) is 19.3. The highest BCUT2D eigenvalue weighted by Gasteiger charge is 2.31. The van der Waals surface area contributed by atoms with Crippen molar-refractivity contribution in [3.05, 3.63) is 52.5 Å². The molecule has 8 heteroatoms. The van der Waals surface area contributed by atoms with Crippen LogP contribution in [0.2, 0.25) is 0 Å². The number of hydrogen-bond acceptors (Lipinski definition) is 4. The predicted molar refractivity (Wildman–Crippen MR) is 146 cm³/mol. The van der Waals surface area contributed by atoms with Gasteiger partial charge in [-0.1, -0.05) is 18.2 Å². The van der Waals surface area contributed by atoms with Crippen molar-refractivity contribution in [2.24, 2.45) is 10.9 Å². The van der Waals surface area contributed by atoms with Gasteiger partial charge < -0.3 is 15.2 Å². The van der Waals surface area contributed by atoms with E-state index in [-0.39, 0.29) is 24.0 Å². The number of aromatic nitrogens is 2. The summed E-state index contributed by atoms with van der Waals surface area (Å²) in [6.07, 6.45) is 3.53. The summed E-state index contributed by atoms with van der Waals surface area (Å²) in [5.41, 5.74) is 2.28. The number of piperidine rings is 1. The molecule has 2 unspecified atom stereocenters. The number of guanidine groups is 1. The topological polar surface area (TPSA) is 57.5 Å². The van der Waals surface area contributed by atoms with Crippen molar-refractivity contribution in [2.45, 2.75) is 38.8 Å². The van der Waals surface area contributed by atoms with E-state index >= 15 is 0 Å². The molecule has 1 aliphatic rings. The smallest absolute Gasteiger partial charge is 0.190 e. The third-order valence-electron chi connectivity index (χ3n) is 6.29. The molecule has 4 rings (SSSR count). The fourth-order valence-corrected chi connectivity index (χ4v) is 5.74. The van der Waals surface area contributed by atoms with Gasteiger partial charge in [-0.2, -0.15) is 0 Å². The second kappa shape index (κ2) is 12.0. The molecular formula is C24H35IN6S. The number of nitrogens with one attached hydrogen (secondary N) is 2. The number of imidazole rings is 1. The second-order valence-electron chi connectivity index (χ2n) is 8.38. The van der Waals surface area contributed by atoms with Crippen molar-refractivity contribution in [3.8, 4) is 0 Å². The van der Waals surface area contributed by atoms with Gasteiger partial charge in [-0.05, 0) is 69.3 Å². The lowest BCUT2D eigenvalue weighted by molar-refractivity contribution is 0.125. The lowest BCUT2D eigenvalue weighted by Crippen LogP contribution is -2.45. The van der Waals surface area contributed by atoms with Crippen LogP contribution in [0, 0.1) is 12.8 Å². The van der Waals surface area contributed by atoms with E-state index < -0.39 is 0 Å². The van der Waals surface area contributed by atoms with Gasteiger partial charge in [0.2, 0.25) is 0 Å². The Morgan fingerprint density at radius 1 is 1.22 bits per heavy atom. The first kappa shape index (κ1) is 25.0. The quantitative estimate of drug-likeness (QED) is 0.189. The number of hydrogen-bond donors (Lipinski definition) is 2. The maximum Gasteiger partial charge on any atom is 0.190 e. The van der Waals surface area contributed by atoms with Crippen LogP contribution in [0.3, 0.4) is 0 Å². The van der Waals surface area contributed by atoms with Gasteiger partial charge in [-0.25, -0.2) is 4.98 Å². The maximum absolute atomic E-state index is 4.66. The van der Waals surface area contributed by atoms with Gasteiger partial charge >= 0.3 is 0 Å². The van der Waals surface area contributed by atoms with E-state index in [9.17, 15) is 0 Å². The summed E-state index contributed by atoms with van der Waals surface area (Å²) in [4.78, 5) is 13.1. The SMILES string of the molecule is CN=C(NCCCn1c(C)nc2ccccc21)NCC1CCCN(C)C1c1cccs1.I. The number of likely N-dealkylation sites (tertiary alicyclic amines) is 1. The van der Waals surface area contributed by atoms with Crippen LogP contribution in [0.1, 0.15) is 36.0 Å². The highest BCUT2D eigenvalue weighted by molar-refractivity contribution is 14.0. The number of benzene rings is 1. The summed E-state index contributed by atoms with van der Waals surface area (Å²) in [6, 6.07) is 13.3. The fraction of sp³-hybridized carbons (Fsp3) is 0.500. The zero-order chi connectivity index (χ0) is 21.6. The molecule has 1 fully saturated rings. The molecule has 0 amide bonds. The molecule has 1 aliphatic heterocycles. The normalized spacial score (nSPS) is 19.7. The van der Waals surface area contributed by atoms with Crippen LogP contribution in [0.25, 0.3) is 11.0 Å². The molecule has 6 nitrogen and oxygen atoms in total. The van der Waals surface area contributed by atoms with Crippen LogP contribution in [-0.2, 0) is 6.54 Å². The van der Waals surface area contributed by atoms with Gasteiger partial charge in [0.1, 0.15) is 5.82 Å². The van der Waals surface area contributed by atoms with Crippen molar-refractivity contribution in [2.75, 3.05) is 33.7 Å². The highest BCUT2D eigenvalue weighted by atomic mass is 127. The highest BCUT2D eigenvalue weighted by Crippen LogP contribution is 2.36. The Balaban J connectivity index is 0.00000289. The lowest BCUT2D eigenvalue weighted by atomic mass is 9.88. The molecule has 0 aliphatic carbocycles. The van der Waals surface area contributed by atoms with E-state index in [0.717, 1.165) is 43.4 Å². The summed E-state index contributed by atoms with van der Waals surface area (Å²) in [6.45, 7) is 6.03. The molecule has 32 heavy (non-hydrogen) atoms. The van der Waals surface area contributed by atoms with E-state index in [1.54, 1.807) is 0 Å². The monoisotopic (exact) mass is 566 g/mol. The average Bonchev–Trinajstić information content (AvgIpc) is 3.41. The minimum atomic E-state index is 0. The molecule has 1 aromatic carbocycles. The number of thiophene rings is 1. The molecule has 0 radical (unpaired) electrons. The predicted octanol–water partition coefficient (Wildman–Crippen LogP) is 4.66. The molecule has 2 atom stereocenters. The average molecular weight is 567 g/mol. The number of fused-ring (bicyclic) bond motifs is 1. The van der Waals surface area contributed by atoms with E-state index in [1.807, 2.05) is 24.5 Å². The number of aliphatic imine (C=N–C) groups is 1. The molecule has 0 saturated carbocycles. The zero-order valence-corrected chi connectivity index (χ0v) is 22.4. The van der Waals surface area contributed by atoms with Crippen LogP contribution in [-0.4, -0.2) is 54.1 Å². The summed E-state index contributed by atoms with van der Waals surface area (Å²) in [5.74, 6) is 2.56.